The zero-order chi connectivity index (χ0) is 11.5. The van der Waals surface area contributed by atoms with Crippen molar-refractivity contribution >= 4 is 32.5 Å². The van der Waals surface area contributed by atoms with Crippen molar-refractivity contribution in [1.82, 2.24) is 0 Å². The highest BCUT2D eigenvalue weighted by molar-refractivity contribution is 9.10. The van der Waals surface area contributed by atoms with Gasteiger partial charge in [-0.15, -0.1) is 0 Å². The number of carbonyl (C=O) groups excluding carboxylic acids is 1. The van der Waals surface area contributed by atoms with Gasteiger partial charge in [-0.05, 0) is 35.4 Å². The second kappa shape index (κ2) is 4.79. The third kappa shape index (κ3) is 2.33. The molecule has 16 heavy (non-hydrogen) atoms. The monoisotopic (exact) mass is 276 g/mol. The first-order valence-electron chi connectivity index (χ1n) is 5.43. The Kier molecular flexibility index (Phi) is 3.39. The van der Waals surface area contributed by atoms with Crippen LogP contribution in [0.4, 0.5) is 0 Å². The highest BCUT2D eigenvalue weighted by atomic mass is 79.9. The fraction of sp³-hybridized carbons (Fsp3) is 0.214. The van der Waals surface area contributed by atoms with E-state index < -0.39 is 0 Å². The lowest BCUT2D eigenvalue weighted by atomic mass is 10.0. The van der Waals surface area contributed by atoms with Gasteiger partial charge in [0.2, 0.25) is 0 Å². The number of benzene rings is 2. The van der Waals surface area contributed by atoms with Gasteiger partial charge < -0.3 is 0 Å². The Bertz CT molecular complexity index is 531. The Morgan fingerprint density at radius 3 is 2.56 bits per heavy atom. The van der Waals surface area contributed by atoms with Gasteiger partial charge in [-0.25, -0.2) is 0 Å². The number of hydrogen-bond acceptors (Lipinski definition) is 1. The molecule has 0 unspecified atom stereocenters. The summed E-state index contributed by atoms with van der Waals surface area (Å²) >= 11 is 3.44. The van der Waals surface area contributed by atoms with E-state index in [0.29, 0.717) is 6.42 Å². The normalized spacial score (nSPS) is 10.6. The summed E-state index contributed by atoms with van der Waals surface area (Å²) in [5.74, 6) is 0.229. The summed E-state index contributed by atoms with van der Waals surface area (Å²) in [5.41, 5.74) is 0.816. The molecule has 0 atom stereocenters. The minimum Gasteiger partial charge on any atom is -0.294 e. The van der Waals surface area contributed by atoms with Crippen molar-refractivity contribution in [3.8, 4) is 0 Å². The predicted octanol–water partition coefficient (Wildman–Crippen LogP) is 4.59. The van der Waals surface area contributed by atoms with Crippen molar-refractivity contribution in [2.24, 2.45) is 0 Å². The van der Waals surface area contributed by atoms with Crippen molar-refractivity contribution in [3.05, 3.63) is 46.4 Å². The molecule has 0 amide bonds. The van der Waals surface area contributed by atoms with E-state index in [0.717, 1.165) is 27.2 Å². The van der Waals surface area contributed by atoms with Crippen LogP contribution in [0.25, 0.3) is 10.8 Å². The van der Waals surface area contributed by atoms with Crippen LogP contribution in [-0.4, -0.2) is 5.78 Å². The molecule has 1 nitrogen and oxygen atoms in total. The number of carbonyl (C=O) groups is 1. The minimum atomic E-state index is 0.229. The topological polar surface area (TPSA) is 17.1 Å². The van der Waals surface area contributed by atoms with Gasteiger partial charge in [-0.2, -0.15) is 0 Å². The van der Waals surface area contributed by atoms with Gasteiger partial charge in [0.05, 0.1) is 0 Å². The molecule has 0 aliphatic heterocycles. The van der Waals surface area contributed by atoms with Crippen molar-refractivity contribution < 1.29 is 4.79 Å². The van der Waals surface area contributed by atoms with Gasteiger partial charge in [0.15, 0.2) is 5.78 Å². The molecule has 0 saturated heterocycles. The quantitative estimate of drug-likeness (QED) is 0.750. The number of ketones is 1. The first kappa shape index (κ1) is 11.3. The summed E-state index contributed by atoms with van der Waals surface area (Å²) in [7, 11) is 0. The van der Waals surface area contributed by atoms with Crippen LogP contribution in [0.5, 0.6) is 0 Å². The van der Waals surface area contributed by atoms with Crippen LogP contribution in [0.3, 0.4) is 0 Å². The van der Waals surface area contributed by atoms with Crippen LogP contribution >= 0.6 is 15.9 Å². The number of hydrogen-bond donors (Lipinski definition) is 0. The molecule has 2 aromatic rings. The molecule has 2 aromatic carbocycles. The average Bonchev–Trinajstić information content (AvgIpc) is 2.28. The van der Waals surface area contributed by atoms with Gasteiger partial charge in [0, 0.05) is 16.5 Å². The molecule has 0 N–H and O–H groups in total. The highest BCUT2D eigenvalue weighted by Crippen LogP contribution is 2.21. The maximum absolute atomic E-state index is 11.7. The van der Waals surface area contributed by atoms with Gasteiger partial charge in [0.25, 0.3) is 0 Å². The number of halogens is 1. The number of fused-ring (bicyclic) bond motifs is 1. The van der Waals surface area contributed by atoms with Crippen LogP contribution in [0.15, 0.2) is 40.9 Å². The maximum Gasteiger partial charge on any atom is 0.162 e. The van der Waals surface area contributed by atoms with Crippen LogP contribution in [0.2, 0.25) is 0 Å². The van der Waals surface area contributed by atoms with Crippen molar-refractivity contribution in [2.75, 3.05) is 0 Å². The summed E-state index contributed by atoms with van der Waals surface area (Å²) in [5, 5.41) is 2.27. The van der Waals surface area contributed by atoms with E-state index in [9.17, 15) is 4.79 Å². The third-order valence-corrected chi connectivity index (χ3v) is 3.09. The summed E-state index contributed by atoms with van der Waals surface area (Å²) in [6.45, 7) is 2.02. The van der Waals surface area contributed by atoms with Crippen molar-refractivity contribution in [2.45, 2.75) is 19.8 Å². The molecule has 0 aliphatic carbocycles. The molecule has 0 aliphatic rings. The highest BCUT2D eigenvalue weighted by Gasteiger charge is 2.05. The summed E-state index contributed by atoms with van der Waals surface area (Å²) in [6.07, 6.45) is 1.53. The van der Waals surface area contributed by atoms with Gasteiger partial charge in [-0.1, -0.05) is 41.1 Å². The van der Waals surface area contributed by atoms with E-state index in [1.807, 2.05) is 37.3 Å². The summed E-state index contributed by atoms with van der Waals surface area (Å²) in [4.78, 5) is 11.7. The zero-order valence-electron chi connectivity index (χ0n) is 9.16. The number of Topliss-reactive ketones (excluding diaryl/α,β-unsaturated/α-hetero) is 1. The van der Waals surface area contributed by atoms with E-state index in [-0.39, 0.29) is 5.78 Å². The molecule has 82 valence electrons. The first-order valence-corrected chi connectivity index (χ1v) is 6.22. The third-order valence-electron chi connectivity index (χ3n) is 2.60. The molecule has 0 heterocycles. The second-order valence-electron chi connectivity index (χ2n) is 3.88. The average molecular weight is 277 g/mol. The SMILES string of the molecule is CCCC(=O)c1ccc2cc(Br)ccc2c1. The molecule has 0 radical (unpaired) electrons. The van der Waals surface area contributed by atoms with E-state index >= 15 is 0 Å². The predicted molar refractivity (Wildman–Crippen MR) is 70.9 cm³/mol. The zero-order valence-corrected chi connectivity index (χ0v) is 10.8. The lowest BCUT2D eigenvalue weighted by Gasteiger charge is -2.03. The fourth-order valence-electron chi connectivity index (χ4n) is 1.76. The van der Waals surface area contributed by atoms with E-state index in [1.54, 1.807) is 0 Å². The lowest BCUT2D eigenvalue weighted by Crippen LogP contribution is -1.97. The smallest absolute Gasteiger partial charge is 0.162 e. The largest absolute Gasteiger partial charge is 0.294 e. The van der Waals surface area contributed by atoms with Crippen LogP contribution < -0.4 is 0 Å². The molecule has 0 saturated carbocycles. The van der Waals surface area contributed by atoms with Gasteiger partial charge in [-0.3, -0.25) is 4.79 Å². The molecule has 0 fully saturated rings. The standard InChI is InChI=1S/C14H13BrO/c1-2-3-14(16)12-5-4-11-9-13(15)7-6-10(11)8-12/h4-9H,2-3H2,1H3. The maximum atomic E-state index is 11.7. The van der Waals surface area contributed by atoms with E-state index in [4.69, 9.17) is 0 Å². The summed E-state index contributed by atoms with van der Waals surface area (Å²) in [6, 6.07) is 12.0. The van der Waals surface area contributed by atoms with Crippen molar-refractivity contribution in [3.63, 3.8) is 0 Å². The van der Waals surface area contributed by atoms with Crippen molar-refractivity contribution in [1.29, 1.82) is 0 Å². The Morgan fingerprint density at radius 2 is 1.81 bits per heavy atom. The number of rotatable bonds is 3. The molecule has 0 spiro atoms. The molecular formula is C14H13BrO. The van der Waals surface area contributed by atoms with Crippen LogP contribution in [0.1, 0.15) is 30.1 Å². The van der Waals surface area contributed by atoms with E-state index in [1.165, 1.54) is 0 Å². The molecule has 0 bridgehead atoms. The second-order valence-corrected chi connectivity index (χ2v) is 4.80. The molecule has 0 aromatic heterocycles. The Hall–Kier alpha value is -1.15. The van der Waals surface area contributed by atoms with Gasteiger partial charge in [0.1, 0.15) is 0 Å². The van der Waals surface area contributed by atoms with E-state index in [2.05, 4.69) is 22.0 Å². The first-order chi connectivity index (χ1) is 7.70. The Labute approximate surface area is 104 Å². The molecule has 2 heteroatoms. The molecular weight excluding hydrogens is 264 g/mol. The minimum absolute atomic E-state index is 0.229. The summed E-state index contributed by atoms with van der Waals surface area (Å²) < 4.78 is 1.06. The fourth-order valence-corrected chi connectivity index (χ4v) is 2.14. The Balaban J connectivity index is 2.44. The van der Waals surface area contributed by atoms with Crippen LogP contribution in [-0.2, 0) is 0 Å². The lowest BCUT2D eigenvalue weighted by molar-refractivity contribution is 0.0982. The van der Waals surface area contributed by atoms with Gasteiger partial charge >= 0.3 is 0 Å². The van der Waals surface area contributed by atoms with Crippen LogP contribution in [0, 0.1) is 0 Å². The molecule has 2 rings (SSSR count). The Morgan fingerprint density at radius 1 is 1.12 bits per heavy atom.